The number of aliphatic hydroxyl groups excluding tert-OH is 1. The molecule has 1 unspecified atom stereocenters. The number of benzene rings is 1. The van der Waals surface area contributed by atoms with E-state index in [0.29, 0.717) is 0 Å². The summed E-state index contributed by atoms with van der Waals surface area (Å²) in [6.45, 7) is -0.259. The minimum Gasteiger partial charge on any atom is -0.484 e. The van der Waals surface area contributed by atoms with E-state index in [-0.39, 0.29) is 25.6 Å². The smallest absolute Gasteiger partial charge is 0.258 e. The summed E-state index contributed by atoms with van der Waals surface area (Å²) in [4.78, 5) is 11.4. The molecule has 0 heterocycles. The van der Waals surface area contributed by atoms with E-state index in [2.05, 4.69) is 5.32 Å². The van der Waals surface area contributed by atoms with Gasteiger partial charge in [-0.25, -0.2) is 4.39 Å². The predicted octanol–water partition coefficient (Wildman–Crippen LogP) is 0.328. The number of hydrogen-bond acceptors (Lipinski definition) is 4. The Morgan fingerprint density at radius 3 is 2.94 bits per heavy atom. The molecule has 0 saturated heterocycles. The quantitative estimate of drug-likeness (QED) is 0.738. The second-order valence-corrected chi connectivity index (χ2v) is 3.65. The van der Waals surface area contributed by atoms with Crippen molar-refractivity contribution in [1.29, 1.82) is 0 Å². The summed E-state index contributed by atoms with van der Waals surface area (Å²) >= 11 is 0. The maximum atomic E-state index is 12.8. The first-order valence-corrected chi connectivity index (χ1v) is 5.43. The lowest BCUT2D eigenvalue weighted by atomic mass is 10.3. The second-order valence-electron chi connectivity index (χ2n) is 3.65. The minimum absolute atomic E-state index is 0.211. The molecule has 0 bridgehead atoms. The van der Waals surface area contributed by atoms with Gasteiger partial charge in [0, 0.05) is 13.2 Å². The van der Waals surface area contributed by atoms with Crippen molar-refractivity contribution in [2.24, 2.45) is 0 Å². The number of ether oxygens (including phenoxy) is 2. The van der Waals surface area contributed by atoms with E-state index in [1.165, 1.54) is 25.3 Å². The summed E-state index contributed by atoms with van der Waals surface area (Å²) in [7, 11) is 1.47. The number of rotatable bonds is 7. The van der Waals surface area contributed by atoms with Crippen LogP contribution in [0.15, 0.2) is 24.3 Å². The molecule has 18 heavy (non-hydrogen) atoms. The van der Waals surface area contributed by atoms with E-state index < -0.39 is 17.8 Å². The average molecular weight is 257 g/mol. The van der Waals surface area contributed by atoms with Crippen LogP contribution >= 0.6 is 0 Å². The van der Waals surface area contributed by atoms with Crippen LogP contribution in [-0.4, -0.2) is 44.0 Å². The lowest BCUT2D eigenvalue weighted by Crippen LogP contribution is -2.42. The van der Waals surface area contributed by atoms with E-state index in [0.717, 1.165) is 0 Å². The molecule has 0 spiro atoms. The van der Waals surface area contributed by atoms with Crippen LogP contribution in [0.25, 0.3) is 0 Å². The van der Waals surface area contributed by atoms with Crippen LogP contribution in [0.3, 0.4) is 0 Å². The Labute approximate surface area is 105 Å². The zero-order valence-electron chi connectivity index (χ0n) is 10.1. The Morgan fingerprint density at radius 1 is 1.56 bits per heavy atom. The van der Waals surface area contributed by atoms with Gasteiger partial charge in [-0.3, -0.25) is 4.79 Å². The van der Waals surface area contributed by atoms with Gasteiger partial charge in [-0.1, -0.05) is 6.07 Å². The standard InChI is InChI=1S/C12H16FNO4/c1-17-7-10(6-15)14-12(16)8-18-11-4-2-3-9(13)5-11/h2-5,10,15H,6-8H2,1H3,(H,14,16). The number of nitrogens with one attached hydrogen (secondary N) is 1. The highest BCUT2D eigenvalue weighted by Gasteiger charge is 2.11. The summed E-state index contributed by atoms with van der Waals surface area (Å²) < 4.78 is 22.7. The fourth-order valence-corrected chi connectivity index (χ4v) is 1.32. The molecule has 0 aromatic heterocycles. The van der Waals surface area contributed by atoms with Crippen LogP contribution in [0.2, 0.25) is 0 Å². The normalized spacial score (nSPS) is 11.9. The second kappa shape index (κ2) is 7.62. The molecule has 2 N–H and O–H groups in total. The Balaban J connectivity index is 2.36. The van der Waals surface area contributed by atoms with Crippen molar-refractivity contribution < 1.29 is 23.8 Å². The van der Waals surface area contributed by atoms with E-state index in [9.17, 15) is 9.18 Å². The fourth-order valence-electron chi connectivity index (χ4n) is 1.32. The van der Waals surface area contributed by atoms with Gasteiger partial charge < -0.3 is 19.9 Å². The Morgan fingerprint density at radius 2 is 2.33 bits per heavy atom. The van der Waals surface area contributed by atoms with E-state index in [1.807, 2.05) is 0 Å². The molecule has 100 valence electrons. The van der Waals surface area contributed by atoms with Gasteiger partial charge in [-0.05, 0) is 12.1 Å². The van der Waals surface area contributed by atoms with Crippen LogP contribution in [-0.2, 0) is 9.53 Å². The summed E-state index contributed by atoms with van der Waals surface area (Å²) in [5.74, 6) is -0.562. The maximum Gasteiger partial charge on any atom is 0.258 e. The van der Waals surface area contributed by atoms with Gasteiger partial charge in [-0.2, -0.15) is 0 Å². The first-order valence-electron chi connectivity index (χ1n) is 5.43. The summed E-state index contributed by atoms with van der Waals surface area (Å²) in [5.41, 5.74) is 0. The van der Waals surface area contributed by atoms with Crippen LogP contribution in [0, 0.1) is 5.82 Å². The van der Waals surface area contributed by atoms with Crippen molar-refractivity contribution in [1.82, 2.24) is 5.32 Å². The molecule has 0 radical (unpaired) electrons. The highest BCUT2D eigenvalue weighted by molar-refractivity contribution is 5.77. The molecule has 6 heteroatoms. The van der Waals surface area contributed by atoms with Crippen LogP contribution < -0.4 is 10.1 Å². The topological polar surface area (TPSA) is 67.8 Å². The number of halogens is 1. The molecule has 0 fully saturated rings. The third-order valence-electron chi connectivity index (χ3n) is 2.12. The van der Waals surface area contributed by atoms with Gasteiger partial charge in [-0.15, -0.1) is 0 Å². The highest BCUT2D eigenvalue weighted by Crippen LogP contribution is 2.11. The number of amides is 1. The third kappa shape index (κ3) is 5.11. The minimum atomic E-state index is -0.474. The van der Waals surface area contributed by atoms with Gasteiger partial charge in [0.2, 0.25) is 0 Å². The third-order valence-corrected chi connectivity index (χ3v) is 2.12. The van der Waals surface area contributed by atoms with Crippen molar-refractivity contribution in [2.75, 3.05) is 26.9 Å². The summed E-state index contributed by atoms with van der Waals surface area (Å²) in [6.07, 6.45) is 0. The molecule has 0 saturated carbocycles. The monoisotopic (exact) mass is 257 g/mol. The molecule has 1 atom stereocenters. The largest absolute Gasteiger partial charge is 0.484 e. The molecular weight excluding hydrogens is 241 g/mol. The van der Waals surface area contributed by atoms with E-state index >= 15 is 0 Å². The summed E-state index contributed by atoms with van der Waals surface area (Å²) in [5, 5.41) is 11.5. The number of aliphatic hydroxyl groups is 1. The number of carbonyl (C=O) groups is 1. The SMILES string of the molecule is COCC(CO)NC(=O)COc1cccc(F)c1. The van der Waals surface area contributed by atoms with E-state index in [4.69, 9.17) is 14.6 Å². The van der Waals surface area contributed by atoms with Crippen molar-refractivity contribution in [3.8, 4) is 5.75 Å². The number of methoxy groups -OCH3 is 1. The van der Waals surface area contributed by atoms with Gasteiger partial charge in [0.1, 0.15) is 11.6 Å². The molecule has 1 aromatic rings. The van der Waals surface area contributed by atoms with Crippen LogP contribution in [0.1, 0.15) is 0 Å². The Bertz CT molecular complexity index is 386. The Kier molecular flexibility index (Phi) is 6.10. The van der Waals surface area contributed by atoms with Crippen LogP contribution in [0.4, 0.5) is 4.39 Å². The maximum absolute atomic E-state index is 12.8. The summed E-state index contributed by atoms with van der Waals surface area (Å²) in [6, 6.07) is 5.04. The zero-order valence-corrected chi connectivity index (χ0v) is 10.1. The van der Waals surface area contributed by atoms with E-state index in [1.54, 1.807) is 6.07 Å². The average Bonchev–Trinajstić information content (AvgIpc) is 2.36. The van der Waals surface area contributed by atoms with Crippen molar-refractivity contribution in [2.45, 2.75) is 6.04 Å². The molecule has 0 aliphatic carbocycles. The first kappa shape index (κ1) is 14.4. The lowest BCUT2D eigenvalue weighted by Gasteiger charge is -2.15. The lowest BCUT2D eigenvalue weighted by molar-refractivity contribution is -0.124. The highest BCUT2D eigenvalue weighted by atomic mass is 19.1. The molecule has 0 aliphatic heterocycles. The fraction of sp³-hybridized carbons (Fsp3) is 0.417. The Hall–Kier alpha value is -1.66. The van der Waals surface area contributed by atoms with Crippen molar-refractivity contribution >= 4 is 5.91 Å². The van der Waals surface area contributed by atoms with Gasteiger partial charge >= 0.3 is 0 Å². The van der Waals surface area contributed by atoms with Crippen LogP contribution in [0.5, 0.6) is 5.75 Å². The van der Waals surface area contributed by atoms with Gasteiger partial charge in [0.25, 0.3) is 5.91 Å². The number of hydrogen-bond donors (Lipinski definition) is 2. The van der Waals surface area contributed by atoms with Gasteiger partial charge in [0.15, 0.2) is 6.61 Å². The first-order chi connectivity index (χ1) is 8.65. The van der Waals surface area contributed by atoms with Crippen molar-refractivity contribution in [3.05, 3.63) is 30.1 Å². The number of carbonyl (C=O) groups excluding carboxylic acids is 1. The molecule has 1 rings (SSSR count). The molecular formula is C12H16FNO4. The molecule has 1 aromatic carbocycles. The molecule has 0 aliphatic rings. The van der Waals surface area contributed by atoms with Crippen molar-refractivity contribution in [3.63, 3.8) is 0 Å². The van der Waals surface area contributed by atoms with Gasteiger partial charge in [0.05, 0.1) is 19.3 Å². The predicted molar refractivity (Wildman–Crippen MR) is 62.8 cm³/mol. The molecule has 1 amide bonds. The molecule has 5 nitrogen and oxygen atoms in total. The zero-order chi connectivity index (χ0) is 13.4.